The summed E-state index contributed by atoms with van der Waals surface area (Å²) in [6, 6.07) is 0. The minimum absolute atomic E-state index is 0.171. The van der Waals surface area contributed by atoms with Crippen LogP contribution in [0.4, 0.5) is 0 Å². The number of carbonyl (C=O) groups excluding carboxylic acids is 1. The molecule has 5 heteroatoms. The molecule has 0 fully saturated rings. The van der Waals surface area contributed by atoms with Crippen LogP contribution in [0.1, 0.15) is 26.2 Å². The van der Waals surface area contributed by atoms with E-state index >= 15 is 0 Å². The molecule has 0 rings (SSSR count). The van der Waals surface area contributed by atoms with Gasteiger partial charge in [0.25, 0.3) is 0 Å². The molecular formula is C7H13N3OS. The van der Waals surface area contributed by atoms with Crippen molar-refractivity contribution in [2.75, 3.05) is 12.3 Å². The minimum Gasteiger partial charge on any atom is -0.288 e. The van der Waals surface area contributed by atoms with Crippen molar-refractivity contribution in [3.8, 4) is 0 Å². The molecule has 0 saturated carbocycles. The van der Waals surface area contributed by atoms with Gasteiger partial charge in [0.1, 0.15) is 0 Å². The fourth-order valence-electron chi connectivity index (χ4n) is 0.722. The maximum absolute atomic E-state index is 10.5. The number of azide groups is 1. The second kappa shape index (κ2) is 8.43. The lowest BCUT2D eigenvalue weighted by Gasteiger charge is -1.95. The molecular weight excluding hydrogens is 174 g/mol. The molecule has 0 aromatic rings. The van der Waals surface area contributed by atoms with Gasteiger partial charge in [0.05, 0.1) is 0 Å². The zero-order valence-corrected chi connectivity index (χ0v) is 8.01. The maximum Gasteiger partial charge on any atom is 0.185 e. The van der Waals surface area contributed by atoms with Crippen LogP contribution in [-0.2, 0) is 4.79 Å². The molecule has 0 spiro atoms. The standard InChI is InChI=1S/C7H13N3OS/c1-7(11)12-6-4-2-3-5-9-10-8/h2-6H2,1H3. The van der Waals surface area contributed by atoms with Crippen LogP contribution in [0.15, 0.2) is 5.11 Å². The van der Waals surface area contributed by atoms with Crippen molar-refractivity contribution in [1.29, 1.82) is 0 Å². The lowest BCUT2D eigenvalue weighted by Crippen LogP contribution is -1.87. The second-order valence-corrected chi connectivity index (χ2v) is 3.63. The average molecular weight is 187 g/mol. The van der Waals surface area contributed by atoms with E-state index in [1.165, 1.54) is 11.8 Å². The molecule has 0 N–H and O–H groups in total. The van der Waals surface area contributed by atoms with Gasteiger partial charge in [0.15, 0.2) is 5.12 Å². The van der Waals surface area contributed by atoms with Crippen LogP contribution in [0.25, 0.3) is 10.4 Å². The van der Waals surface area contributed by atoms with E-state index < -0.39 is 0 Å². The van der Waals surface area contributed by atoms with Crippen molar-refractivity contribution in [3.63, 3.8) is 0 Å². The third kappa shape index (κ3) is 9.33. The van der Waals surface area contributed by atoms with Gasteiger partial charge in [-0.2, -0.15) is 0 Å². The van der Waals surface area contributed by atoms with E-state index in [1.807, 2.05) is 0 Å². The van der Waals surface area contributed by atoms with E-state index in [-0.39, 0.29) is 5.12 Å². The van der Waals surface area contributed by atoms with Crippen LogP contribution in [-0.4, -0.2) is 17.4 Å². The lowest BCUT2D eigenvalue weighted by molar-refractivity contribution is -0.109. The summed E-state index contributed by atoms with van der Waals surface area (Å²) in [6.45, 7) is 2.14. The number of nitrogens with zero attached hydrogens (tertiary/aromatic N) is 3. The van der Waals surface area contributed by atoms with Gasteiger partial charge >= 0.3 is 0 Å². The van der Waals surface area contributed by atoms with Crippen LogP contribution in [0.5, 0.6) is 0 Å². The first kappa shape index (κ1) is 11.3. The molecule has 0 amide bonds. The highest BCUT2D eigenvalue weighted by Gasteiger charge is 1.93. The first-order chi connectivity index (χ1) is 5.77. The third-order valence-electron chi connectivity index (χ3n) is 1.27. The Hall–Kier alpha value is -0.670. The molecule has 0 aromatic carbocycles. The van der Waals surface area contributed by atoms with E-state index in [4.69, 9.17) is 5.53 Å². The average Bonchev–Trinajstić information content (AvgIpc) is 2.02. The van der Waals surface area contributed by atoms with Crippen LogP contribution in [0.3, 0.4) is 0 Å². The topological polar surface area (TPSA) is 65.8 Å². The summed E-state index contributed by atoms with van der Waals surface area (Å²) < 4.78 is 0. The highest BCUT2D eigenvalue weighted by molar-refractivity contribution is 8.13. The Morgan fingerprint density at radius 1 is 1.50 bits per heavy atom. The fraction of sp³-hybridized carbons (Fsp3) is 0.857. The molecule has 0 aliphatic heterocycles. The molecule has 0 aliphatic rings. The Morgan fingerprint density at radius 2 is 2.25 bits per heavy atom. The Labute approximate surface area is 76.3 Å². The number of carbonyl (C=O) groups is 1. The fourth-order valence-corrected chi connectivity index (χ4v) is 1.36. The lowest BCUT2D eigenvalue weighted by atomic mass is 10.2. The minimum atomic E-state index is 0.171. The van der Waals surface area contributed by atoms with E-state index in [0.717, 1.165) is 25.0 Å². The first-order valence-electron chi connectivity index (χ1n) is 3.91. The summed E-state index contributed by atoms with van der Waals surface area (Å²) in [6.07, 6.45) is 2.97. The molecule has 0 bridgehead atoms. The smallest absolute Gasteiger partial charge is 0.185 e. The monoisotopic (exact) mass is 187 g/mol. The van der Waals surface area contributed by atoms with Gasteiger partial charge in [-0.15, -0.1) is 0 Å². The highest BCUT2D eigenvalue weighted by atomic mass is 32.2. The summed E-state index contributed by atoms with van der Waals surface area (Å²) in [5.41, 5.74) is 7.95. The number of rotatable bonds is 6. The molecule has 0 heterocycles. The van der Waals surface area contributed by atoms with Crippen molar-refractivity contribution in [2.45, 2.75) is 26.2 Å². The normalized spacial score (nSPS) is 9.08. The number of unbranched alkanes of at least 4 members (excludes halogenated alkanes) is 2. The number of thioether (sulfide) groups is 1. The van der Waals surface area contributed by atoms with Crippen molar-refractivity contribution in [3.05, 3.63) is 10.4 Å². The SMILES string of the molecule is CC(=O)SCCCCCN=[N+]=[N-]. The zero-order chi connectivity index (χ0) is 9.23. The number of hydrogen-bond acceptors (Lipinski definition) is 3. The van der Waals surface area contributed by atoms with E-state index in [2.05, 4.69) is 10.0 Å². The molecule has 0 atom stereocenters. The third-order valence-corrected chi connectivity index (χ3v) is 2.17. The van der Waals surface area contributed by atoms with Crippen molar-refractivity contribution in [2.24, 2.45) is 5.11 Å². The maximum atomic E-state index is 10.5. The summed E-state index contributed by atoms with van der Waals surface area (Å²) in [5.74, 6) is 0.881. The van der Waals surface area contributed by atoms with Crippen LogP contribution in [0, 0.1) is 0 Å². The second-order valence-electron chi connectivity index (χ2n) is 2.36. The zero-order valence-electron chi connectivity index (χ0n) is 7.19. The molecule has 0 unspecified atom stereocenters. The molecule has 0 saturated heterocycles. The van der Waals surface area contributed by atoms with Crippen LogP contribution >= 0.6 is 11.8 Å². The molecule has 68 valence electrons. The molecule has 0 radical (unpaired) electrons. The predicted molar refractivity (Wildman–Crippen MR) is 51.0 cm³/mol. The number of hydrogen-bond donors (Lipinski definition) is 0. The highest BCUT2D eigenvalue weighted by Crippen LogP contribution is 2.06. The van der Waals surface area contributed by atoms with Gasteiger partial charge < -0.3 is 0 Å². The summed E-state index contributed by atoms with van der Waals surface area (Å²) in [7, 11) is 0. The largest absolute Gasteiger partial charge is 0.288 e. The summed E-state index contributed by atoms with van der Waals surface area (Å²) in [4.78, 5) is 13.1. The quantitative estimate of drug-likeness (QED) is 0.278. The van der Waals surface area contributed by atoms with Crippen molar-refractivity contribution in [1.82, 2.24) is 0 Å². The summed E-state index contributed by atoms with van der Waals surface area (Å²) >= 11 is 1.35. The molecule has 12 heavy (non-hydrogen) atoms. The van der Waals surface area contributed by atoms with Crippen LogP contribution < -0.4 is 0 Å². The molecule has 4 nitrogen and oxygen atoms in total. The summed E-state index contributed by atoms with van der Waals surface area (Å²) in [5, 5.41) is 3.58. The van der Waals surface area contributed by atoms with E-state index in [9.17, 15) is 4.79 Å². The van der Waals surface area contributed by atoms with Gasteiger partial charge in [-0.25, -0.2) is 0 Å². The molecule has 0 aliphatic carbocycles. The predicted octanol–water partition coefficient (Wildman–Crippen LogP) is 2.75. The van der Waals surface area contributed by atoms with Crippen molar-refractivity contribution < 1.29 is 4.79 Å². The van der Waals surface area contributed by atoms with Gasteiger partial charge in [0, 0.05) is 24.1 Å². The first-order valence-corrected chi connectivity index (χ1v) is 4.90. The Kier molecular flexibility index (Phi) is 7.96. The van der Waals surface area contributed by atoms with Crippen molar-refractivity contribution >= 4 is 16.9 Å². The van der Waals surface area contributed by atoms with Gasteiger partial charge in [-0.1, -0.05) is 23.3 Å². The van der Waals surface area contributed by atoms with E-state index in [0.29, 0.717) is 6.54 Å². The van der Waals surface area contributed by atoms with Gasteiger partial charge in [0.2, 0.25) is 0 Å². The van der Waals surface area contributed by atoms with Gasteiger partial charge in [-0.3, -0.25) is 4.79 Å². The van der Waals surface area contributed by atoms with Crippen LogP contribution in [0.2, 0.25) is 0 Å². The Bertz CT molecular complexity index is 171. The van der Waals surface area contributed by atoms with E-state index in [1.54, 1.807) is 6.92 Å². The Morgan fingerprint density at radius 3 is 2.83 bits per heavy atom. The Balaban J connectivity index is 3.00. The van der Waals surface area contributed by atoms with Gasteiger partial charge in [-0.05, 0) is 18.4 Å². The molecule has 0 aromatic heterocycles.